The second-order valence-electron chi connectivity index (χ2n) is 4.55. The number of benzene rings is 1. The summed E-state index contributed by atoms with van der Waals surface area (Å²) in [6.45, 7) is 0.999. The van der Waals surface area contributed by atoms with E-state index >= 15 is 0 Å². The van der Waals surface area contributed by atoms with E-state index in [1.807, 2.05) is 0 Å². The number of amides is 1. The van der Waals surface area contributed by atoms with Crippen molar-refractivity contribution in [1.82, 2.24) is 0 Å². The quantitative estimate of drug-likeness (QED) is 0.336. The largest absolute Gasteiger partial charge is 0.409 e. The highest BCUT2D eigenvalue weighted by Crippen LogP contribution is 2.21. The predicted octanol–water partition coefficient (Wildman–Crippen LogP) is 1.29. The number of oxime groups is 1. The summed E-state index contributed by atoms with van der Waals surface area (Å²) < 4.78 is 19.0. The van der Waals surface area contributed by atoms with Crippen LogP contribution in [0.5, 0.6) is 0 Å². The van der Waals surface area contributed by atoms with Crippen LogP contribution < -0.4 is 11.1 Å². The Kier molecular flexibility index (Phi) is 4.52. The molecule has 1 fully saturated rings. The van der Waals surface area contributed by atoms with Gasteiger partial charge in [-0.3, -0.25) is 4.79 Å². The first-order valence-corrected chi connectivity index (χ1v) is 6.28. The number of ether oxygens (including phenoxy) is 1. The van der Waals surface area contributed by atoms with E-state index < -0.39 is 11.7 Å². The molecule has 1 aliphatic heterocycles. The minimum absolute atomic E-state index is 0.125. The molecule has 4 N–H and O–H groups in total. The normalized spacial score (nSPS) is 19.6. The standard InChI is InChI=1S/C13H16FN3O3/c14-9-4-1-5-10(11(9)12(15)17-19)16-13(18)8-3-2-6-20-7-8/h1,4-5,8,19H,2-3,6-7H2,(H2,15,17)(H,16,18). The van der Waals surface area contributed by atoms with Gasteiger partial charge in [0.05, 0.1) is 23.8 Å². The Morgan fingerprint density at radius 3 is 3.00 bits per heavy atom. The van der Waals surface area contributed by atoms with Gasteiger partial charge in [-0.2, -0.15) is 0 Å². The molecule has 108 valence electrons. The lowest BCUT2D eigenvalue weighted by molar-refractivity contribution is -0.123. The molecule has 0 saturated carbocycles. The summed E-state index contributed by atoms with van der Waals surface area (Å²) in [7, 11) is 0. The van der Waals surface area contributed by atoms with E-state index in [-0.39, 0.29) is 23.1 Å². The van der Waals surface area contributed by atoms with Crippen molar-refractivity contribution >= 4 is 17.4 Å². The van der Waals surface area contributed by atoms with Crippen molar-refractivity contribution in [3.63, 3.8) is 0 Å². The first-order valence-electron chi connectivity index (χ1n) is 6.28. The number of nitrogens with zero attached hydrogens (tertiary/aromatic N) is 1. The minimum Gasteiger partial charge on any atom is -0.409 e. The fraction of sp³-hybridized carbons (Fsp3) is 0.385. The molecule has 7 heteroatoms. The van der Waals surface area contributed by atoms with Crippen LogP contribution in [-0.2, 0) is 9.53 Å². The lowest BCUT2D eigenvalue weighted by atomic mass is 10.0. The van der Waals surface area contributed by atoms with Crippen molar-refractivity contribution in [1.29, 1.82) is 0 Å². The molecule has 0 radical (unpaired) electrons. The Hall–Kier alpha value is -2.15. The number of halogens is 1. The van der Waals surface area contributed by atoms with Crippen molar-refractivity contribution in [2.24, 2.45) is 16.8 Å². The van der Waals surface area contributed by atoms with Gasteiger partial charge in [-0.25, -0.2) is 4.39 Å². The maximum Gasteiger partial charge on any atom is 0.229 e. The molecule has 0 aliphatic carbocycles. The Labute approximate surface area is 115 Å². The molecule has 1 amide bonds. The summed E-state index contributed by atoms with van der Waals surface area (Å²) >= 11 is 0. The summed E-state index contributed by atoms with van der Waals surface area (Å²) in [5.74, 6) is -1.59. The van der Waals surface area contributed by atoms with Crippen LogP contribution in [-0.4, -0.2) is 30.2 Å². The van der Waals surface area contributed by atoms with Gasteiger partial charge in [0.2, 0.25) is 5.91 Å². The van der Waals surface area contributed by atoms with E-state index in [4.69, 9.17) is 15.7 Å². The molecule has 1 atom stereocenters. The average molecular weight is 281 g/mol. The summed E-state index contributed by atoms with van der Waals surface area (Å²) in [4.78, 5) is 12.1. The molecule has 20 heavy (non-hydrogen) atoms. The van der Waals surface area contributed by atoms with Crippen molar-refractivity contribution < 1.29 is 19.1 Å². The van der Waals surface area contributed by atoms with E-state index in [0.717, 1.165) is 12.8 Å². The Bertz CT molecular complexity index is 528. The molecule has 1 unspecified atom stereocenters. The third kappa shape index (κ3) is 3.05. The third-order valence-corrected chi connectivity index (χ3v) is 3.17. The zero-order valence-corrected chi connectivity index (χ0v) is 10.8. The van der Waals surface area contributed by atoms with Crippen LogP contribution in [0.25, 0.3) is 0 Å². The second-order valence-corrected chi connectivity index (χ2v) is 4.55. The topological polar surface area (TPSA) is 96.9 Å². The van der Waals surface area contributed by atoms with E-state index in [0.29, 0.717) is 13.2 Å². The van der Waals surface area contributed by atoms with Gasteiger partial charge in [0, 0.05) is 6.61 Å². The summed E-state index contributed by atoms with van der Waals surface area (Å²) in [5, 5.41) is 14.1. The summed E-state index contributed by atoms with van der Waals surface area (Å²) in [6, 6.07) is 4.11. The second kappa shape index (κ2) is 6.33. The minimum atomic E-state index is -0.669. The van der Waals surface area contributed by atoms with Crippen molar-refractivity contribution in [3.8, 4) is 0 Å². The van der Waals surface area contributed by atoms with Crippen LogP contribution in [0, 0.1) is 11.7 Å². The number of rotatable bonds is 3. The predicted molar refractivity (Wildman–Crippen MR) is 71.1 cm³/mol. The van der Waals surface area contributed by atoms with Crippen molar-refractivity contribution in [2.75, 3.05) is 18.5 Å². The number of hydrogen-bond acceptors (Lipinski definition) is 4. The van der Waals surface area contributed by atoms with Gasteiger partial charge in [-0.05, 0) is 25.0 Å². The van der Waals surface area contributed by atoms with E-state index in [9.17, 15) is 9.18 Å². The van der Waals surface area contributed by atoms with Gasteiger partial charge in [0.25, 0.3) is 0 Å². The molecular formula is C13H16FN3O3. The number of nitrogens with one attached hydrogen (secondary N) is 1. The highest BCUT2D eigenvalue weighted by Gasteiger charge is 2.23. The van der Waals surface area contributed by atoms with Crippen LogP contribution >= 0.6 is 0 Å². The summed E-state index contributed by atoms with van der Waals surface area (Å²) in [5.41, 5.74) is 5.49. The smallest absolute Gasteiger partial charge is 0.229 e. The van der Waals surface area contributed by atoms with Crippen LogP contribution in [0.15, 0.2) is 23.4 Å². The van der Waals surface area contributed by atoms with Crippen molar-refractivity contribution in [3.05, 3.63) is 29.6 Å². The van der Waals surface area contributed by atoms with Gasteiger partial charge >= 0.3 is 0 Å². The molecule has 0 aromatic heterocycles. The fourth-order valence-corrected chi connectivity index (χ4v) is 2.12. The molecule has 1 heterocycles. The molecule has 6 nitrogen and oxygen atoms in total. The highest BCUT2D eigenvalue weighted by atomic mass is 19.1. The number of nitrogens with two attached hydrogens (primary N) is 1. The van der Waals surface area contributed by atoms with E-state index in [1.165, 1.54) is 18.2 Å². The molecule has 2 rings (SSSR count). The lowest BCUT2D eigenvalue weighted by Crippen LogP contribution is -2.31. The third-order valence-electron chi connectivity index (χ3n) is 3.17. The Balaban J connectivity index is 2.20. The van der Waals surface area contributed by atoms with E-state index in [2.05, 4.69) is 10.5 Å². The van der Waals surface area contributed by atoms with Gasteiger partial charge in [0.1, 0.15) is 5.82 Å². The van der Waals surface area contributed by atoms with Crippen molar-refractivity contribution in [2.45, 2.75) is 12.8 Å². The van der Waals surface area contributed by atoms with Crippen LogP contribution in [0.4, 0.5) is 10.1 Å². The fourth-order valence-electron chi connectivity index (χ4n) is 2.12. The SMILES string of the molecule is NC(=NO)c1c(F)cccc1NC(=O)C1CCCOC1. The van der Waals surface area contributed by atoms with E-state index in [1.54, 1.807) is 0 Å². The van der Waals surface area contributed by atoms with Gasteiger partial charge in [-0.1, -0.05) is 11.2 Å². The number of carbonyl (C=O) groups excluding carboxylic acids is 1. The zero-order valence-electron chi connectivity index (χ0n) is 10.8. The number of carbonyl (C=O) groups is 1. The molecular weight excluding hydrogens is 265 g/mol. The van der Waals surface area contributed by atoms with Gasteiger partial charge in [-0.15, -0.1) is 0 Å². The van der Waals surface area contributed by atoms with Gasteiger partial charge < -0.3 is 21.0 Å². The van der Waals surface area contributed by atoms with Crippen LogP contribution in [0.1, 0.15) is 18.4 Å². The lowest BCUT2D eigenvalue weighted by Gasteiger charge is -2.22. The molecule has 1 aromatic rings. The van der Waals surface area contributed by atoms with Gasteiger partial charge in [0.15, 0.2) is 5.84 Å². The zero-order chi connectivity index (χ0) is 14.5. The maximum atomic E-state index is 13.7. The molecule has 1 saturated heterocycles. The first kappa shape index (κ1) is 14.3. The highest BCUT2D eigenvalue weighted by molar-refractivity contribution is 6.06. The molecule has 0 spiro atoms. The first-order chi connectivity index (χ1) is 9.63. The molecule has 1 aliphatic rings. The molecule has 0 bridgehead atoms. The summed E-state index contributed by atoms with van der Waals surface area (Å²) in [6.07, 6.45) is 1.54. The monoisotopic (exact) mass is 281 g/mol. The Morgan fingerprint density at radius 1 is 1.55 bits per heavy atom. The number of anilines is 1. The number of amidine groups is 1. The number of hydrogen-bond donors (Lipinski definition) is 3. The van der Waals surface area contributed by atoms with Crippen LogP contribution in [0.3, 0.4) is 0 Å². The average Bonchev–Trinajstić information content (AvgIpc) is 2.47. The Morgan fingerprint density at radius 2 is 2.35 bits per heavy atom. The maximum absolute atomic E-state index is 13.7. The molecule has 1 aromatic carbocycles. The van der Waals surface area contributed by atoms with Crippen LogP contribution in [0.2, 0.25) is 0 Å².